The van der Waals surface area contributed by atoms with Crippen LogP contribution in [0.15, 0.2) is 63.5 Å². The van der Waals surface area contributed by atoms with E-state index in [9.17, 15) is 24.1 Å². The summed E-state index contributed by atoms with van der Waals surface area (Å²) >= 11 is 1.14. The van der Waals surface area contributed by atoms with Crippen LogP contribution in [0.5, 0.6) is 0 Å². The molecule has 39 heavy (non-hydrogen) atoms. The molecule has 1 unspecified atom stereocenters. The lowest BCUT2D eigenvalue weighted by atomic mass is 9.96. The van der Waals surface area contributed by atoms with Gasteiger partial charge >= 0.3 is 5.97 Å². The zero-order valence-corrected chi connectivity index (χ0v) is 22.4. The molecular formula is C28H27FN4O5S. The van der Waals surface area contributed by atoms with Crippen molar-refractivity contribution in [3.63, 3.8) is 0 Å². The van der Waals surface area contributed by atoms with E-state index < -0.39 is 28.3 Å². The molecule has 1 atom stereocenters. The Morgan fingerprint density at radius 3 is 2.59 bits per heavy atom. The highest BCUT2D eigenvalue weighted by Gasteiger charge is 2.33. The average molecular weight is 551 g/mol. The number of aromatic nitrogens is 1. The molecule has 0 bridgehead atoms. The molecular weight excluding hydrogens is 523 g/mol. The number of halogens is 1. The maximum atomic E-state index is 13.9. The fraction of sp³-hybridized carbons (Fsp3) is 0.321. The standard InChI is InChI=1S/C28H27FN4O5S/c1-3-38-27(35)24-17(2)30-28-32(25(24)18-7-9-20(29)10-8-18)26(34)23(39-28)16-19-15-21(33(36)37)11-12-22(19)31-13-5-4-6-14-31/h7-12,15-16,25H,3-6,13-14H2,1-2H3/b23-16-. The molecule has 0 radical (unpaired) electrons. The first-order valence-corrected chi connectivity index (χ1v) is 13.6. The number of non-ortho nitro benzene ring substituents is 1. The molecule has 3 heterocycles. The van der Waals surface area contributed by atoms with Crippen molar-refractivity contribution in [3.05, 3.63) is 100 Å². The monoisotopic (exact) mass is 550 g/mol. The molecule has 0 amide bonds. The summed E-state index contributed by atoms with van der Waals surface area (Å²) in [6.07, 6.45) is 4.83. The number of hydrogen-bond acceptors (Lipinski definition) is 8. The van der Waals surface area contributed by atoms with Gasteiger partial charge in [0.1, 0.15) is 5.82 Å². The van der Waals surface area contributed by atoms with Gasteiger partial charge < -0.3 is 9.64 Å². The van der Waals surface area contributed by atoms with Crippen LogP contribution in [0.4, 0.5) is 15.8 Å². The first-order chi connectivity index (χ1) is 18.8. The Labute approximate surface area is 227 Å². The predicted octanol–water partition coefficient (Wildman–Crippen LogP) is 3.84. The quantitative estimate of drug-likeness (QED) is 0.262. The first-order valence-electron chi connectivity index (χ1n) is 12.8. The van der Waals surface area contributed by atoms with Crippen molar-refractivity contribution in [2.24, 2.45) is 4.99 Å². The van der Waals surface area contributed by atoms with Gasteiger partial charge in [0.15, 0.2) is 4.80 Å². The maximum absolute atomic E-state index is 13.9. The molecule has 2 aliphatic rings. The summed E-state index contributed by atoms with van der Waals surface area (Å²) in [7, 11) is 0. The van der Waals surface area contributed by atoms with E-state index in [1.165, 1.54) is 41.0 Å². The Morgan fingerprint density at radius 2 is 1.92 bits per heavy atom. The Kier molecular flexibility index (Phi) is 7.42. The van der Waals surface area contributed by atoms with Crippen molar-refractivity contribution in [1.82, 2.24) is 4.57 Å². The molecule has 5 rings (SSSR count). The second-order valence-electron chi connectivity index (χ2n) is 9.40. The number of benzene rings is 2. The summed E-state index contributed by atoms with van der Waals surface area (Å²) in [5.41, 5.74) is 2.05. The zero-order valence-electron chi connectivity index (χ0n) is 21.6. The fourth-order valence-corrected chi connectivity index (χ4v) is 6.12. The number of nitro benzene ring substituents is 1. The molecule has 3 aromatic rings. The molecule has 9 nitrogen and oxygen atoms in total. The van der Waals surface area contributed by atoms with Gasteiger partial charge in [-0.25, -0.2) is 14.2 Å². The molecule has 0 spiro atoms. The molecule has 0 N–H and O–H groups in total. The van der Waals surface area contributed by atoms with Crippen LogP contribution in [0.1, 0.15) is 50.3 Å². The van der Waals surface area contributed by atoms with Crippen LogP contribution in [0.2, 0.25) is 0 Å². The lowest BCUT2D eigenvalue weighted by Gasteiger charge is -2.30. The second-order valence-corrected chi connectivity index (χ2v) is 10.4. The van der Waals surface area contributed by atoms with E-state index in [1.54, 1.807) is 26.0 Å². The van der Waals surface area contributed by atoms with Gasteiger partial charge in [0.05, 0.1) is 33.4 Å². The summed E-state index contributed by atoms with van der Waals surface area (Å²) in [5, 5.41) is 11.6. The number of rotatable bonds is 6. The molecule has 1 fully saturated rings. The van der Waals surface area contributed by atoms with Crippen LogP contribution < -0.4 is 19.8 Å². The Balaban J connectivity index is 1.71. The smallest absolute Gasteiger partial charge is 0.338 e. The minimum Gasteiger partial charge on any atom is -0.463 e. The van der Waals surface area contributed by atoms with Gasteiger partial charge in [0.25, 0.3) is 11.2 Å². The lowest BCUT2D eigenvalue weighted by molar-refractivity contribution is -0.384. The van der Waals surface area contributed by atoms with Crippen molar-refractivity contribution >= 4 is 34.8 Å². The van der Waals surface area contributed by atoms with Crippen molar-refractivity contribution in [2.75, 3.05) is 24.6 Å². The van der Waals surface area contributed by atoms with Gasteiger partial charge in [0, 0.05) is 36.5 Å². The third-order valence-corrected chi connectivity index (χ3v) is 7.89. The number of carbonyl (C=O) groups excluding carboxylic acids is 1. The highest BCUT2D eigenvalue weighted by atomic mass is 32.1. The topological polar surface area (TPSA) is 107 Å². The van der Waals surface area contributed by atoms with Crippen molar-refractivity contribution in [2.45, 2.75) is 39.2 Å². The van der Waals surface area contributed by atoms with Gasteiger partial charge in [-0.15, -0.1) is 0 Å². The Morgan fingerprint density at radius 1 is 1.21 bits per heavy atom. The fourth-order valence-electron chi connectivity index (χ4n) is 5.09. The highest BCUT2D eigenvalue weighted by Crippen LogP contribution is 2.31. The average Bonchev–Trinajstić information content (AvgIpc) is 3.23. The summed E-state index contributed by atoms with van der Waals surface area (Å²) in [4.78, 5) is 45.1. The highest BCUT2D eigenvalue weighted by molar-refractivity contribution is 7.07. The first kappa shape index (κ1) is 26.5. The molecule has 1 saturated heterocycles. The molecule has 0 aliphatic carbocycles. The number of fused-ring (bicyclic) bond motifs is 1. The predicted molar refractivity (Wildman–Crippen MR) is 146 cm³/mol. The zero-order chi connectivity index (χ0) is 27.7. The summed E-state index contributed by atoms with van der Waals surface area (Å²) < 4.78 is 20.8. The van der Waals surface area contributed by atoms with E-state index in [-0.39, 0.29) is 17.9 Å². The molecule has 0 saturated carbocycles. The number of allylic oxidation sites excluding steroid dienone is 1. The second kappa shape index (κ2) is 10.9. The Bertz CT molecular complexity index is 1650. The summed E-state index contributed by atoms with van der Waals surface area (Å²) in [6, 6.07) is 9.44. The van der Waals surface area contributed by atoms with Gasteiger partial charge in [-0.3, -0.25) is 19.5 Å². The number of nitro groups is 1. The van der Waals surface area contributed by atoms with Crippen LogP contribution in [-0.2, 0) is 9.53 Å². The summed E-state index contributed by atoms with van der Waals surface area (Å²) in [6.45, 7) is 5.16. The van der Waals surface area contributed by atoms with E-state index in [0.29, 0.717) is 26.2 Å². The number of esters is 1. The van der Waals surface area contributed by atoms with Crippen LogP contribution in [0.3, 0.4) is 0 Å². The van der Waals surface area contributed by atoms with E-state index >= 15 is 0 Å². The van der Waals surface area contributed by atoms with E-state index in [1.807, 2.05) is 0 Å². The molecule has 202 valence electrons. The minimum atomic E-state index is -0.866. The van der Waals surface area contributed by atoms with Crippen LogP contribution in [0.25, 0.3) is 6.08 Å². The van der Waals surface area contributed by atoms with Gasteiger partial charge in [-0.2, -0.15) is 0 Å². The third-order valence-electron chi connectivity index (χ3n) is 6.91. The third kappa shape index (κ3) is 5.14. The van der Waals surface area contributed by atoms with Crippen LogP contribution in [0, 0.1) is 15.9 Å². The number of hydrogen-bond donors (Lipinski definition) is 0. The molecule has 2 aromatic carbocycles. The SMILES string of the molecule is CCOC(=O)C1=C(C)N=c2s/c(=C\c3cc([N+](=O)[O-])ccc3N3CCCCC3)c(=O)n2C1c1ccc(F)cc1. The number of carbonyl (C=O) groups is 1. The Hall–Kier alpha value is -4.12. The molecule has 1 aromatic heterocycles. The molecule has 2 aliphatic heterocycles. The van der Waals surface area contributed by atoms with Gasteiger partial charge in [0.2, 0.25) is 0 Å². The van der Waals surface area contributed by atoms with Gasteiger partial charge in [-0.1, -0.05) is 23.5 Å². The van der Waals surface area contributed by atoms with Crippen LogP contribution in [-0.4, -0.2) is 35.2 Å². The number of anilines is 1. The number of ether oxygens (including phenoxy) is 1. The maximum Gasteiger partial charge on any atom is 0.338 e. The van der Waals surface area contributed by atoms with Gasteiger partial charge in [-0.05, 0) is 62.9 Å². The number of piperidine rings is 1. The lowest BCUT2D eigenvalue weighted by Crippen LogP contribution is -2.40. The molecule has 11 heteroatoms. The largest absolute Gasteiger partial charge is 0.463 e. The van der Waals surface area contributed by atoms with E-state index in [0.717, 1.165) is 49.4 Å². The van der Waals surface area contributed by atoms with Crippen LogP contribution >= 0.6 is 11.3 Å². The van der Waals surface area contributed by atoms with Crippen molar-refractivity contribution < 1.29 is 18.8 Å². The van der Waals surface area contributed by atoms with E-state index in [4.69, 9.17) is 4.74 Å². The minimum absolute atomic E-state index is 0.0700. The van der Waals surface area contributed by atoms with Crippen molar-refractivity contribution in [1.29, 1.82) is 0 Å². The number of thiazole rings is 1. The van der Waals surface area contributed by atoms with Crippen molar-refractivity contribution in [3.8, 4) is 0 Å². The van der Waals surface area contributed by atoms with E-state index in [2.05, 4.69) is 9.89 Å². The normalized spacial score (nSPS) is 17.6. The number of nitrogens with zero attached hydrogens (tertiary/aromatic N) is 4. The summed E-state index contributed by atoms with van der Waals surface area (Å²) in [5.74, 6) is -1.05.